The number of anilines is 1. The van der Waals surface area contributed by atoms with Crippen LogP contribution in [0.25, 0.3) is 6.08 Å². The summed E-state index contributed by atoms with van der Waals surface area (Å²) in [6.07, 6.45) is 6.39. The maximum Gasteiger partial charge on any atom is 0.328 e. The number of hydrogen-bond donors (Lipinski definition) is 2. The molecule has 0 radical (unpaired) electrons. The molecule has 0 spiro atoms. The predicted octanol–water partition coefficient (Wildman–Crippen LogP) is 0.617. The van der Waals surface area contributed by atoms with Gasteiger partial charge < -0.3 is 5.11 Å². The molecule has 2 aromatic heterocycles. The third-order valence-electron chi connectivity index (χ3n) is 2.17. The van der Waals surface area contributed by atoms with Gasteiger partial charge in [-0.05, 0) is 12.1 Å². The minimum atomic E-state index is -1.11. The van der Waals surface area contributed by atoms with Gasteiger partial charge in [0.05, 0.1) is 12.4 Å². The van der Waals surface area contributed by atoms with Gasteiger partial charge in [0.25, 0.3) is 5.91 Å². The molecule has 0 aliphatic rings. The lowest BCUT2D eigenvalue weighted by Gasteiger charge is -2.04. The molecule has 100 valence electrons. The van der Waals surface area contributed by atoms with Crippen molar-refractivity contribution in [1.29, 1.82) is 0 Å². The molecule has 1 amide bonds. The lowest BCUT2D eigenvalue weighted by atomic mass is 10.1. The van der Waals surface area contributed by atoms with E-state index in [4.69, 9.17) is 5.11 Å². The fourth-order valence-corrected chi connectivity index (χ4v) is 1.37. The van der Waals surface area contributed by atoms with Gasteiger partial charge in [0, 0.05) is 17.8 Å². The molecule has 2 heterocycles. The second-order valence-electron chi connectivity index (χ2n) is 3.53. The number of aromatic nitrogens is 4. The van der Waals surface area contributed by atoms with E-state index in [1.54, 1.807) is 12.1 Å². The lowest BCUT2D eigenvalue weighted by molar-refractivity contribution is -0.131. The highest BCUT2D eigenvalue weighted by atomic mass is 16.4. The molecule has 0 bridgehead atoms. The molecule has 2 aromatic rings. The van der Waals surface area contributed by atoms with Crippen LogP contribution in [0.1, 0.15) is 16.1 Å². The number of aliphatic carboxylic acids is 1. The minimum absolute atomic E-state index is 0.0383. The molecule has 8 nitrogen and oxygen atoms in total. The third-order valence-corrected chi connectivity index (χ3v) is 2.17. The second-order valence-corrected chi connectivity index (χ2v) is 3.53. The smallest absolute Gasteiger partial charge is 0.328 e. The Morgan fingerprint density at radius 3 is 2.75 bits per heavy atom. The number of carboxylic acid groups (broad SMARTS) is 1. The number of carbonyl (C=O) groups excluding carboxylic acids is 1. The van der Waals surface area contributed by atoms with Crippen molar-refractivity contribution in [2.75, 3.05) is 5.32 Å². The predicted molar refractivity (Wildman–Crippen MR) is 68.7 cm³/mol. The molecule has 2 N–H and O–H groups in total. The second kappa shape index (κ2) is 6.14. The van der Waals surface area contributed by atoms with Crippen LogP contribution in [0.15, 0.2) is 36.8 Å². The van der Waals surface area contributed by atoms with Crippen LogP contribution in [0.4, 0.5) is 5.95 Å². The third kappa shape index (κ3) is 3.42. The highest BCUT2D eigenvalue weighted by Crippen LogP contribution is 2.09. The normalized spacial score (nSPS) is 10.4. The van der Waals surface area contributed by atoms with E-state index < -0.39 is 11.9 Å². The first kappa shape index (κ1) is 13.3. The van der Waals surface area contributed by atoms with Gasteiger partial charge in [-0.15, -0.1) is 5.10 Å². The highest BCUT2D eigenvalue weighted by molar-refractivity contribution is 6.04. The molecule has 0 atom stereocenters. The summed E-state index contributed by atoms with van der Waals surface area (Å²) in [6, 6.07) is 3.17. The summed E-state index contributed by atoms with van der Waals surface area (Å²) in [5.74, 6) is -1.63. The summed E-state index contributed by atoms with van der Waals surface area (Å²) in [6.45, 7) is 0. The molecule has 0 fully saturated rings. The van der Waals surface area contributed by atoms with Crippen molar-refractivity contribution in [3.63, 3.8) is 0 Å². The Labute approximate surface area is 113 Å². The molecule has 20 heavy (non-hydrogen) atoms. The number of rotatable bonds is 4. The summed E-state index contributed by atoms with van der Waals surface area (Å²) in [5.41, 5.74) is 0.439. The van der Waals surface area contributed by atoms with Crippen LogP contribution in [-0.2, 0) is 4.79 Å². The van der Waals surface area contributed by atoms with Gasteiger partial charge in [0.1, 0.15) is 5.69 Å². The van der Waals surface area contributed by atoms with E-state index in [1.165, 1.54) is 24.7 Å². The van der Waals surface area contributed by atoms with Crippen molar-refractivity contribution in [1.82, 2.24) is 20.2 Å². The fourth-order valence-electron chi connectivity index (χ4n) is 1.37. The monoisotopic (exact) mass is 271 g/mol. The summed E-state index contributed by atoms with van der Waals surface area (Å²) in [4.78, 5) is 30.2. The Morgan fingerprint density at radius 1 is 1.20 bits per heavy atom. The SMILES string of the molecule is O=C(O)/C=C/c1cccnc1C(=O)Nc1nccnn1. The zero-order valence-electron chi connectivity index (χ0n) is 10.1. The molecule has 0 unspecified atom stereocenters. The van der Waals surface area contributed by atoms with Crippen molar-refractivity contribution >= 4 is 23.9 Å². The van der Waals surface area contributed by atoms with Crippen LogP contribution in [0.2, 0.25) is 0 Å². The molecular formula is C12H9N5O3. The first-order chi connectivity index (χ1) is 9.66. The number of pyridine rings is 1. The quantitative estimate of drug-likeness (QED) is 0.782. The Balaban J connectivity index is 2.24. The maximum atomic E-state index is 12.0. The number of hydrogen-bond acceptors (Lipinski definition) is 6. The summed E-state index contributed by atoms with van der Waals surface area (Å²) < 4.78 is 0. The Kier molecular flexibility index (Phi) is 4.07. The fraction of sp³-hybridized carbons (Fsp3) is 0. The van der Waals surface area contributed by atoms with Crippen molar-refractivity contribution in [3.05, 3.63) is 48.1 Å². The van der Waals surface area contributed by atoms with Crippen LogP contribution in [0, 0.1) is 0 Å². The van der Waals surface area contributed by atoms with E-state index in [0.717, 1.165) is 6.08 Å². The van der Waals surface area contributed by atoms with E-state index in [1.807, 2.05) is 0 Å². The van der Waals surface area contributed by atoms with Crippen molar-refractivity contribution in [2.24, 2.45) is 0 Å². The van der Waals surface area contributed by atoms with E-state index in [0.29, 0.717) is 5.56 Å². The van der Waals surface area contributed by atoms with Crippen molar-refractivity contribution in [3.8, 4) is 0 Å². The average molecular weight is 271 g/mol. The zero-order chi connectivity index (χ0) is 14.4. The molecule has 2 rings (SSSR count). The summed E-state index contributed by atoms with van der Waals surface area (Å²) in [5, 5.41) is 18.2. The largest absolute Gasteiger partial charge is 0.478 e. The number of nitrogens with zero attached hydrogens (tertiary/aromatic N) is 4. The van der Waals surface area contributed by atoms with Crippen LogP contribution in [0.5, 0.6) is 0 Å². The number of nitrogens with one attached hydrogen (secondary N) is 1. The van der Waals surface area contributed by atoms with Gasteiger partial charge in [0.2, 0.25) is 5.95 Å². The van der Waals surface area contributed by atoms with Gasteiger partial charge in [-0.2, -0.15) is 5.10 Å². The number of amides is 1. The standard InChI is InChI=1S/C12H9N5O3/c18-9(19)4-3-8-2-1-5-13-10(8)11(20)16-12-14-6-7-15-17-12/h1-7H,(H,18,19)(H,14,16,17,20)/b4-3+. The Hall–Kier alpha value is -3.16. The van der Waals surface area contributed by atoms with Gasteiger partial charge in [-0.25, -0.2) is 9.78 Å². The van der Waals surface area contributed by atoms with Gasteiger partial charge in [0.15, 0.2) is 0 Å². The maximum absolute atomic E-state index is 12.0. The summed E-state index contributed by atoms with van der Waals surface area (Å²) >= 11 is 0. The highest BCUT2D eigenvalue weighted by Gasteiger charge is 2.12. The topological polar surface area (TPSA) is 118 Å². The number of carboxylic acids is 1. The molecule has 0 aliphatic heterocycles. The molecule has 0 saturated heterocycles. The first-order valence-corrected chi connectivity index (χ1v) is 5.48. The molecule has 8 heteroatoms. The van der Waals surface area contributed by atoms with E-state index in [2.05, 4.69) is 25.5 Å². The van der Waals surface area contributed by atoms with E-state index >= 15 is 0 Å². The Morgan fingerprint density at radius 2 is 2.05 bits per heavy atom. The molecular weight excluding hydrogens is 262 g/mol. The van der Waals surface area contributed by atoms with E-state index in [9.17, 15) is 9.59 Å². The average Bonchev–Trinajstić information content (AvgIpc) is 2.46. The first-order valence-electron chi connectivity index (χ1n) is 5.48. The van der Waals surface area contributed by atoms with Crippen molar-refractivity contribution < 1.29 is 14.7 Å². The van der Waals surface area contributed by atoms with Gasteiger partial charge >= 0.3 is 5.97 Å². The van der Waals surface area contributed by atoms with Gasteiger partial charge in [-0.3, -0.25) is 15.1 Å². The summed E-state index contributed by atoms with van der Waals surface area (Å²) in [7, 11) is 0. The van der Waals surface area contributed by atoms with E-state index in [-0.39, 0.29) is 11.6 Å². The lowest BCUT2D eigenvalue weighted by Crippen LogP contribution is -2.17. The molecule has 0 aliphatic carbocycles. The zero-order valence-corrected chi connectivity index (χ0v) is 10.1. The minimum Gasteiger partial charge on any atom is -0.478 e. The molecule has 0 aromatic carbocycles. The van der Waals surface area contributed by atoms with Crippen LogP contribution in [-0.4, -0.2) is 37.1 Å². The Bertz CT molecular complexity index is 657. The van der Waals surface area contributed by atoms with Gasteiger partial charge in [-0.1, -0.05) is 6.07 Å². The van der Waals surface area contributed by atoms with Crippen LogP contribution in [0.3, 0.4) is 0 Å². The molecule has 0 saturated carbocycles. The van der Waals surface area contributed by atoms with Crippen molar-refractivity contribution in [2.45, 2.75) is 0 Å². The van der Waals surface area contributed by atoms with Crippen LogP contribution < -0.4 is 5.32 Å². The van der Waals surface area contributed by atoms with Crippen LogP contribution >= 0.6 is 0 Å². The number of carbonyl (C=O) groups is 2.